The van der Waals surface area contributed by atoms with Gasteiger partial charge in [-0.25, -0.2) is 9.59 Å². The van der Waals surface area contributed by atoms with Gasteiger partial charge in [0.2, 0.25) is 5.89 Å². The summed E-state index contributed by atoms with van der Waals surface area (Å²) in [6, 6.07) is 0. The molecule has 1 rings (SSSR count). The van der Waals surface area contributed by atoms with Crippen LogP contribution in [0.15, 0.2) is 9.21 Å². The van der Waals surface area contributed by atoms with Crippen molar-refractivity contribution in [2.24, 2.45) is 0 Å². The molecule has 112 valence electrons. The van der Waals surface area contributed by atoms with Crippen LogP contribution < -0.4 is 35.0 Å². The van der Waals surface area contributed by atoms with Crippen LogP contribution in [-0.2, 0) is 22.5 Å². The number of amides is 1. The Labute approximate surface area is 132 Å². The molecule has 0 unspecified atom stereocenters. The summed E-state index contributed by atoms with van der Waals surface area (Å²) < 4.78 is 10.4. The summed E-state index contributed by atoms with van der Waals surface area (Å²) in [4.78, 5) is 32.9. The van der Waals surface area contributed by atoms with E-state index < -0.39 is 30.0 Å². The molecular weight excluding hydrogens is 277 g/mol. The topological polar surface area (TPSA) is 126 Å². The molecule has 0 spiro atoms. The number of rotatable bonds is 5. The van der Waals surface area contributed by atoms with Crippen LogP contribution in [0.1, 0.15) is 26.7 Å². The van der Waals surface area contributed by atoms with Gasteiger partial charge in [-0.15, -0.1) is 5.10 Å². The number of carboxylic acids is 1. The van der Waals surface area contributed by atoms with E-state index in [9.17, 15) is 19.5 Å². The first-order valence-electron chi connectivity index (χ1n) is 5.91. The number of carbonyl (C=O) groups excluding carboxylic acids is 2. The van der Waals surface area contributed by atoms with E-state index in [2.05, 4.69) is 10.4 Å². The van der Waals surface area contributed by atoms with E-state index in [-0.39, 0.29) is 37.7 Å². The van der Waals surface area contributed by atoms with Crippen molar-refractivity contribution >= 4 is 12.1 Å². The number of aliphatic carboxylic acids is 1. The summed E-state index contributed by atoms with van der Waals surface area (Å²) in [6.45, 7) is 4.65. The Morgan fingerprint density at radius 2 is 2.05 bits per heavy atom. The largest absolute Gasteiger partial charge is 1.00 e. The first-order valence-corrected chi connectivity index (χ1v) is 5.91. The van der Waals surface area contributed by atoms with Crippen molar-refractivity contribution in [3.05, 3.63) is 16.4 Å². The van der Waals surface area contributed by atoms with Gasteiger partial charge >= 0.3 is 30.7 Å². The number of nitrogens with one attached hydrogen (secondary N) is 1. The van der Waals surface area contributed by atoms with E-state index >= 15 is 0 Å². The Kier molecular flexibility index (Phi) is 7.25. The maximum atomic E-state index is 11.3. The third-order valence-electron chi connectivity index (χ3n) is 1.93. The third kappa shape index (κ3) is 7.58. The van der Waals surface area contributed by atoms with Crippen molar-refractivity contribution in [1.29, 1.82) is 0 Å². The van der Waals surface area contributed by atoms with Crippen LogP contribution in [0, 0.1) is 0 Å². The van der Waals surface area contributed by atoms with Gasteiger partial charge in [0, 0.05) is 13.0 Å². The molecule has 0 atom stereocenters. The van der Waals surface area contributed by atoms with Gasteiger partial charge in [-0.2, -0.15) is 4.68 Å². The number of carboxylic acid groups (broad SMARTS) is 1. The summed E-state index contributed by atoms with van der Waals surface area (Å²) in [5.41, 5.74) is -0.604. The maximum Gasteiger partial charge on any atom is 1.00 e. The zero-order chi connectivity index (χ0) is 15.3. The molecule has 9 nitrogen and oxygen atoms in total. The maximum absolute atomic E-state index is 11.3. The Hall–Kier alpha value is -1.72. The SMILES string of the molecule is CC(C)(C)OC(=O)NCCc1nn(CC(=O)[O-])c(=O)o1.[Li+]. The summed E-state index contributed by atoms with van der Waals surface area (Å²) in [7, 11) is 0. The molecule has 21 heavy (non-hydrogen) atoms. The molecule has 0 aromatic carbocycles. The van der Waals surface area contributed by atoms with Gasteiger partial charge in [0.1, 0.15) is 5.60 Å². The van der Waals surface area contributed by atoms with Crippen molar-refractivity contribution in [3.63, 3.8) is 0 Å². The molecule has 0 bridgehead atoms. The molecule has 0 radical (unpaired) electrons. The van der Waals surface area contributed by atoms with E-state index in [0.717, 1.165) is 0 Å². The van der Waals surface area contributed by atoms with E-state index in [4.69, 9.17) is 9.15 Å². The molecule has 0 aliphatic carbocycles. The zero-order valence-corrected chi connectivity index (χ0v) is 12.5. The van der Waals surface area contributed by atoms with Crippen molar-refractivity contribution < 1.29 is 42.7 Å². The summed E-state index contributed by atoms with van der Waals surface area (Å²) in [6.07, 6.45) is -0.469. The first-order chi connectivity index (χ1) is 9.17. The minimum absolute atomic E-state index is 0. The van der Waals surface area contributed by atoms with Crippen LogP contribution in [0.3, 0.4) is 0 Å². The molecule has 0 aliphatic rings. The second-order valence-corrected chi connectivity index (χ2v) is 4.97. The van der Waals surface area contributed by atoms with Crippen molar-refractivity contribution in [1.82, 2.24) is 15.1 Å². The standard InChI is InChI=1S/C11H17N3O6.Li/c1-11(2,3)20-9(17)12-5-4-7-13-14(6-8(15)16)10(18)19-7;/h4-6H2,1-3H3,(H,12,17)(H,15,16);/q;+1/p-1. The Morgan fingerprint density at radius 3 is 2.57 bits per heavy atom. The minimum Gasteiger partial charge on any atom is -0.548 e. The second kappa shape index (κ2) is 7.90. The van der Waals surface area contributed by atoms with Gasteiger partial charge in [0.15, 0.2) is 0 Å². The summed E-state index contributed by atoms with van der Waals surface area (Å²) >= 11 is 0. The number of ether oxygens (including phenoxy) is 1. The van der Waals surface area contributed by atoms with Gasteiger partial charge in [-0.3, -0.25) is 0 Å². The smallest absolute Gasteiger partial charge is 0.548 e. The molecular formula is C11H16LiN3O6. The molecule has 1 aromatic heterocycles. The van der Waals surface area contributed by atoms with Crippen LogP contribution in [0.2, 0.25) is 0 Å². The van der Waals surface area contributed by atoms with Crippen molar-refractivity contribution in [3.8, 4) is 0 Å². The van der Waals surface area contributed by atoms with E-state index in [1.165, 1.54) is 0 Å². The second-order valence-electron chi connectivity index (χ2n) is 4.97. The fourth-order valence-electron chi connectivity index (χ4n) is 1.26. The van der Waals surface area contributed by atoms with Crippen LogP contribution in [0.5, 0.6) is 0 Å². The number of carbonyl (C=O) groups is 2. The van der Waals surface area contributed by atoms with E-state index in [0.29, 0.717) is 4.68 Å². The molecule has 1 amide bonds. The molecule has 0 saturated heterocycles. The molecule has 0 fully saturated rings. The number of nitrogens with zero attached hydrogens (tertiary/aromatic N) is 2. The average Bonchev–Trinajstić information content (AvgIpc) is 2.55. The molecule has 10 heteroatoms. The number of aromatic nitrogens is 2. The predicted octanol–water partition coefficient (Wildman–Crippen LogP) is -4.34. The third-order valence-corrected chi connectivity index (χ3v) is 1.93. The molecule has 1 heterocycles. The summed E-state index contributed by atoms with van der Waals surface area (Å²) in [5.74, 6) is -2.31. The normalized spacial score (nSPS) is 10.6. The zero-order valence-electron chi connectivity index (χ0n) is 12.5. The molecule has 1 aromatic rings. The van der Waals surface area contributed by atoms with Crippen molar-refractivity contribution in [2.75, 3.05) is 6.54 Å². The Bertz CT molecular complexity index is 545. The quantitative estimate of drug-likeness (QED) is 0.544. The summed E-state index contributed by atoms with van der Waals surface area (Å²) in [5, 5.41) is 16.4. The molecule has 1 N–H and O–H groups in total. The van der Waals surface area contributed by atoms with Crippen LogP contribution in [0.4, 0.5) is 4.79 Å². The van der Waals surface area contributed by atoms with Gasteiger partial charge in [-0.05, 0) is 20.8 Å². The fraction of sp³-hybridized carbons (Fsp3) is 0.636. The number of hydrogen-bond acceptors (Lipinski definition) is 7. The van der Waals surface area contributed by atoms with Gasteiger partial charge in [0.25, 0.3) is 0 Å². The molecule has 0 saturated carbocycles. The van der Waals surface area contributed by atoms with Crippen LogP contribution in [-0.4, -0.2) is 34.0 Å². The van der Waals surface area contributed by atoms with E-state index in [1.807, 2.05) is 0 Å². The van der Waals surface area contributed by atoms with Crippen LogP contribution >= 0.6 is 0 Å². The van der Waals surface area contributed by atoms with Gasteiger partial charge in [-0.1, -0.05) is 0 Å². The van der Waals surface area contributed by atoms with Gasteiger partial charge < -0.3 is 24.4 Å². The minimum atomic E-state index is -1.45. The fourth-order valence-corrected chi connectivity index (χ4v) is 1.26. The first kappa shape index (κ1) is 19.3. The molecule has 0 aliphatic heterocycles. The average molecular weight is 293 g/mol. The van der Waals surface area contributed by atoms with Crippen LogP contribution in [0.25, 0.3) is 0 Å². The monoisotopic (exact) mass is 293 g/mol. The number of alkyl carbamates (subject to hydrolysis) is 1. The Morgan fingerprint density at radius 1 is 1.43 bits per heavy atom. The van der Waals surface area contributed by atoms with Crippen molar-refractivity contribution in [2.45, 2.75) is 39.3 Å². The Balaban J connectivity index is 0.00000400. The predicted molar refractivity (Wildman–Crippen MR) is 63.7 cm³/mol. The van der Waals surface area contributed by atoms with E-state index in [1.54, 1.807) is 20.8 Å². The number of hydrogen-bond donors (Lipinski definition) is 1. The van der Waals surface area contributed by atoms with Gasteiger partial charge in [0.05, 0.1) is 12.5 Å².